The summed E-state index contributed by atoms with van der Waals surface area (Å²) in [5.74, 6) is 1.69. The van der Waals surface area contributed by atoms with Gasteiger partial charge in [0.15, 0.2) is 0 Å². The molecule has 2 N–H and O–H groups in total. The number of hydrogen-bond donors (Lipinski definition) is 2. The molecule has 1 aromatic rings. The average molecular weight is 304 g/mol. The normalized spacial score (nSPS) is 23.3. The van der Waals surface area contributed by atoms with Gasteiger partial charge in [-0.15, -0.1) is 0 Å². The highest BCUT2D eigenvalue weighted by Crippen LogP contribution is 2.33. The van der Waals surface area contributed by atoms with Gasteiger partial charge in [-0.3, -0.25) is 9.78 Å². The van der Waals surface area contributed by atoms with Gasteiger partial charge in [0.1, 0.15) is 0 Å². The molecule has 4 nitrogen and oxygen atoms in total. The van der Waals surface area contributed by atoms with Crippen LogP contribution in [0.1, 0.15) is 45.1 Å². The molecule has 0 aromatic carbocycles. The van der Waals surface area contributed by atoms with Gasteiger partial charge >= 0.3 is 0 Å². The van der Waals surface area contributed by atoms with Crippen LogP contribution in [0.15, 0.2) is 24.5 Å². The van der Waals surface area contributed by atoms with Gasteiger partial charge in [0.2, 0.25) is 5.91 Å². The summed E-state index contributed by atoms with van der Waals surface area (Å²) in [4.78, 5) is 16.4. The fourth-order valence-electron chi connectivity index (χ4n) is 3.33. The van der Waals surface area contributed by atoms with Gasteiger partial charge in [0, 0.05) is 18.3 Å². The lowest BCUT2D eigenvalue weighted by atomic mass is 9.76. The zero-order chi connectivity index (χ0) is 15.9. The molecule has 1 amide bonds. The summed E-state index contributed by atoms with van der Waals surface area (Å²) in [5, 5.41) is 12.5. The number of amides is 1. The number of aliphatic hydroxyl groups excluding tert-OH is 1. The summed E-state index contributed by atoms with van der Waals surface area (Å²) in [6.07, 6.45) is 8.35. The van der Waals surface area contributed by atoms with Crippen LogP contribution in [0.4, 0.5) is 0 Å². The largest absolute Gasteiger partial charge is 0.394 e. The first-order valence-corrected chi connectivity index (χ1v) is 8.40. The Hall–Kier alpha value is -1.42. The van der Waals surface area contributed by atoms with Gasteiger partial charge in [-0.2, -0.15) is 0 Å². The minimum atomic E-state index is -0.210. The number of nitrogens with one attached hydrogen (secondary N) is 1. The van der Waals surface area contributed by atoms with Crippen molar-refractivity contribution in [1.82, 2.24) is 10.3 Å². The Kier molecular flexibility index (Phi) is 6.37. The van der Waals surface area contributed by atoms with E-state index < -0.39 is 0 Å². The molecular weight excluding hydrogens is 276 g/mol. The van der Waals surface area contributed by atoms with Crippen molar-refractivity contribution in [2.45, 2.75) is 52.0 Å². The first kappa shape index (κ1) is 16.9. The average Bonchev–Trinajstić information content (AvgIpc) is 2.55. The summed E-state index contributed by atoms with van der Waals surface area (Å²) in [6.45, 7) is 4.50. The Labute approximate surface area is 133 Å². The van der Waals surface area contributed by atoms with E-state index in [1.165, 1.54) is 0 Å². The van der Waals surface area contributed by atoms with Crippen LogP contribution in [0.5, 0.6) is 0 Å². The van der Waals surface area contributed by atoms with Crippen molar-refractivity contribution in [2.24, 2.45) is 17.8 Å². The molecule has 22 heavy (non-hydrogen) atoms. The van der Waals surface area contributed by atoms with Crippen LogP contribution in [0.25, 0.3) is 0 Å². The third kappa shape index (κ3) is 4.80. The maximum absolute atomic E-state index is 12.4. The molecule has 1 aliphatic rings. The van der Waals surface area contributed by atoms with Crippen LogP contribution in [-0.2, 0) is 11.2 Å². The molecule has 4 heteroatoms. The van der Waals surface area contributed by atoms with Crippen molar-refractivity contribution in [1.29, 1.82) is 0 Å². The number of rotatable bonds is 6. The van der Waals surface area contributed by atoms with E-state index in [4.69, 9.17) is 0 Å². The maximum Gasteiger partial charge on any atom is 0.223 e. The first-order chi connectivity index (χ1) is 10.6. The van der Waals surface area contributed by atoms with Crippen LogP contribution in [0.2, 0.25) is 0 Å². The second kappa shape index (κ2) is 8.28. The minimum absolute atomic E-state index is 0.0323. The topological polar surface area (TPSA) is 62.2 Å². The van der Waals surface area contributed by atoms with Crippen LogP contribution >= 0.6 is 0 Å². The Morgan fingerprint density at radius 2 is 1.91 bits per heavy atom. The monoisotopic (exact) mass is 304 g/mol. The fraction of sp³-hybridized carbons (Fsp3) is 0.667. The molecule has 1 aliphatic carbocycles. The van der Waals surface area contributed by atoms with Crippen molar-refractivity contribution < 1.29 is 9.90 Å². The second-order valence-corrected chi connectivity index (χ2v) is 6.80. The lowest BCUT2D eigenvalue weighted by molar-refractivity contribution is -0.127. The Balaban J connectivity index is 1.82. The van der Waals surface area contributed by atoms with Gasteiger partial charge in [-0.05, 0) is 61.6 Å². The van der Waals surface area contributed by atoms with Gasteiger partial charge in [0.05, 0.1) is 12.6 Å². The predicted molar refractivity (Wildman–Crippen MR) is 87.2 cm³/mol. The molecule has 0 aliphatic heterocycles. The minimum Gasteiger partial charge on any atom is -0.394 e. The van der Waals surface area contributed by atoms with Crippen molar-refractivity contribution in [3.05, 3.63) is 30.1 Å². The number of aliphatic hydroxyl groups is 1. The molecular formula is C18H28N2O2. The van der Waals surface area contributed by atoms with E-state index in [9.17, 15) is 9.90 Å². The number of hydrogen-bond acceptors (Lipinski definition) is 3. The molecule has 1 fully saturated rings. The summed E-state index contributed by atoms with van der Waals surface area (Å²) < 4.78 is 0. The van der Waals surface area contributed by atoms with Crippen molar-refractivity contribution in [2.75, 3.05) is 6.61 Å². The van der Waals surface area contributed by atoms with Crippen LogP contribution < -0.4 is 5.32 Å². The molecule has 122 valence electrons. The van der Waals surface area contributed by atoms with E-state index in [2.05, 4.69) is 24.1 Å². The molecule has 1 unspecified atom stereocenters. The van der Waals surface area contributed by atoms with Gasteiger partial charge in [-0.25, -0.2) is 0 Å². The third-order valence-electron chi connectivity index (χ3n) is 4.88. The number of aromatic nitrogens is 1. The maximum atomic E-state index is 12.4. The van der Waals surface area contributed by atoms with E-state index in [1.54, 1.807) is 12.4 Å². The number of carbonyl (C=O) groups is 1. The van der Waals surface area contributed by atoms with E-state index in [0.717, 1.165) is 37.2 Å². The van der Waals surface area contributed by atoms with Crippen LogP contribution in [-0.4, -0.2) is 28.6 Å². The van der Waals surface area contributed by atoms with Gasteiger partial charge < -0.3 is 10.4 Å². The smallest absolute Gasteiger partial charge is 0.223 e. The summed E-state index contributed by atoms with van der Waals surface area (Å²) >= 11 is 0. The fourth-order valence-corrected chi connectivity index (χ4v) is 3.33. The summed E-state index contributed by atoms with van der Waals surface area (Å²) in [5.41, 5.74) is 1.08. The van der Waals surface area contributed by atoms with Crippen molar-refractivity contribution in [3.63, 3.8) is 0 Å². The van der Waals surface area contributed by atoms with Crippen LogP contribution in [0.3, 0.4) is 0 Å². The molecule has 0 saturated heterocycles. The van der Waals surface area contributed by atoms with Gasteiger partial charge in [-0.1, -0.05) is 13.8 Å². The lowest BCUT2D eigenvalue weighted by Gasteiger charge is -2.31. The summed E-state index contributed by atoms with van der Waals surface area (Å²) in [7, 11) is 0. The molecule has 1 aromatic heterocycles. The number of nitrogens with zero attached hydrogens (tertiary/aromatic N) is 1. The van der Waals surface area contributed by atoms with Crippen molar-refractivity contribution >= 4 is 5.91 Å². The van der Waals surface area contributed by atoms with Gasteiger partial charge in [0.25, 0.3) is 0 Å². The second-order valence-electron chi connectivity index (χ2n) is 6.80. The lowest BCUT2D eigenvalue weighted by Crippen LogP contribution is -2.43. The molecule has 0 bridgehead atoms. The SMILES string of the molecule is CC(C)C1CCC(C(=O)NC(CO)Cc2ccncc2)CC1. The molecule has 0 radical (unpaired) electrons. The Morgan fingerprint density at radius 1 is 1.27 bits per heavy atom. The molecule has 1 heterocycles. The summed E-state index contributed by atoms with van der Waals surface area (Å²) in [6, 6.07) is 3.63. The quantitative estimate of drug-likeness (QED) is 0.849. The zero-order valence-corrected chi connectivity index (χ0v) is 13.7. The van der Waals surface area contributed by atoms with E-state index >= 15 is 0 Å². The Bertz CT molecular complexity index is 453. The molecule has 1 saturated carbocycles. The Morgan fingerprint density at radius 3 is 2.45 bits per heavy atom. The van der Waals surface area contributed by atoms with Crippen LogP contribution in [0, 0.1) is 17.8 Å². The van der Waals surface area contributed by atoms with Crippen molar-refractivity contribution in [3.8, 4) is 0 Å². The first-order valence-electron chi connectivity index (χ1n) is 8.40. The highest BCUT2D eigenvalue weighted by Gasteiger charge is 2.28. The molecule has 2 rings (SSSR count). The number of pyridine rings is 1. The standard InChI is InChI=1S/C18H28N2O2/c1-13(2)15-3-5-16(6-4-15)18(22)20-17(12-21)11-14-7-9-19-10-8-14/h7-10,13,15-17,21H,3-6,11-12H2,1-2H3,(H,20,22). The highest BCUT2D eigenvalue weighted by molar-refractivity contribution is 5.79. The molecule has 1 atom stereocenters. The number of carbonyl (C=O) groups excluding carboxylic acids is 1. The molecule has 0 spiro atoms. The highest BCUT2D eigenvalue weighted by atomic mass is 16.3. The van der Waals surface area contributed by atoms with E-state index in [1.807, 2.05) is 12.1 Å². The van der Waals surface area contributed by atoms with E-state index in [0.29, 0.717) is 12.3 Å². The zero-order valence-electron chi connectivity index (χ0n) is 13.7. The van der Waals surface area contributed by atoms with E-state index in [-0.39, 0.29) is 24.5 Å². The predicted octanol–water partition coefficient (Wildman–Crippen LogP) is 2.56. The third-order valence-corrected chi connectivity index (χ3v) is 4.88.